The molecule has 236 valence electrons. The van der Waals surface area contributed by atoms with Crippen LogP contribution in [0.5, 0.6) is 0 Å². The quantitative estimate of drug-likeness (QED) is 0.166. The summed E-state index contributed by atoms with van der Waals surface area (Å²) in [6.45, 7) is 19.8. The first-order chi connectivity index (χ1) is 20.3. The fraction of sp³-hybridized carbons (Fsp3) is 0.450. The lowest BCUT2D eigenvalue weighted by Gasteiger charge is -2.35. The van der Waals surface area contributed by atoms with Crippen molar-refractivity contribution >= 4 is 23.1 Å². The molecule has 44 heavy (non-hydrogen) atoms. The Morgan fingerprint density at radius 2 is 0.750 bits per heavy atom. The summed E-state index contributed by atoms with van der Waals surface area (Å²) >= 11 is 0. The van der Waals surface area contributed by atoms with Gasteiger partial charge >= 0.3 is 0 Å². The lowest BCUT2D eigenvalue weighted by atomic mass is 9.66. The van der Waals surface area contributed by atoms with Crippen LogP contribution >= 0.6 is 0 Å². The van der Waals surface area contributed by atoms with E-state index >= 15 is 0 Å². The minimum Gasteiger partial charge on any atom is -0.300 e. The van der Waals surface area contributed by atoms with Crippen LogP contribution in [0, 0.1) is 21.7 Å². The van der Waals surface area contributed by atoms with Crippen LogP contribution in [0.4, 0.5) is 0 Å². The molecule has 0 aromatic carbocycles. The maximum Gasteiger partial charge on any atom is 0.162 e. The van der Waals surface area contributed by atoms with E-state index in [4.69, 9.17) is 0 Å². The zero-order valence-corrected chi connectivity index (χ0v) is 28.5. The van der Waals surface area contributed by atoms with Crippen LogP contribution in [0.3, 0.4) is 0 Å². The summed E-state index contributed by atoms with van der Waals surface area (Å²) in [5.41, 5.74) is 2.16. The Kier molecular flexibility index (Phi) is 12.4. The maximum atomic E-state index is 12.9. The largest absolute Gasteiger partial charge is 0.300 e. The number of ketones is 4. The molecule has 0 heterocycles. The zero-order valence-electron chi connectivity index (χ0n) is 28.5. The van der Waals surface area contributed by atoms with Gasteiger partial charge in [-0.2, -0.15) is 0 Å². The SMILES string of the molecule is CC(/C=C/C=C(C)/C=C/C(=O)[C@]1(C)CC(=O)CC1(C)C)=C\C=C\C=C(C)\C=C\C=C(C)\C=C\C(=O)[C@]1(C)CC(=O)CC1(C)C. The number of Topliss-reactive ketones (excluding diaryl/α,β-unsaturated/α-hetero) is 2. The minimum absolute atomic E-state index is 0.0110. The van der Waals surface area contributed by atoms with E-state index in [0.717, 1.165) is 22.3 Å². The normalized spacial score (nSPS) is 27.0. The van der Waals surface area contributed by atoms with Gasteiger partial charge in [0.15, 0.2) is 11.6 Å². The molecule has 0 aromatic rings. The molecule has 0 bridgehead atoms. The van der Waals surface area contributed by atoms with Gasteiger partial charge in [0.05, 0.1) is 0 Å². The Balaban J connectivity index is 1.88. The molecule has 2 aliphatic rings. The number of carbonyl (C=O) groups is 4. The Morgan fingerprint density at radius 1 is 0.455 bits per heavy atom. The maximum absolute atomic E-state index is 12.9. The van der Waals surface area contributed by atoms with Crippen molar-refractivity contribution in [1.82, 2.24) is 0 Å². The molecular formula is C40H52O4. The fourth-order valence-corrected chi connectivity index (χ4v) is 5.73. The van der Waals surface area contributed by atoms with Gasteiger partial charge in [-0.05, 0) is 50.7 Å². The lowest BCUT2D eigenvalue weighted by Crippen LogP contribution is -2.36. The third-order valence-electron chi connectivity index (χ3n) is 9.72. The van der Waals surface area contributed by atoms with Gasteiger partial charge in [0, 0.05) is 36.5 Å². The van der Waals surface area contributed by atoms with Crippen molar-refractivity contribution in [3.63, 3.8) is 0 Å². The highest BCUT2D eigenvalue weighted by Gasteiger charge is 2.53. The summed E-state index contributed by atoms with van der Waals surface area (Å²) in [5, 5.41) is 0. The van der Waals surface area contributed by atoms with Crippen molar-refractivity contribution in [3.8, 4) is 0 Å². The van der Waals surface area contributed by atoms with E-state index in [1.807, 2.05) is 142 Å². The standard InChI is InChI=1S/C40H52O4/c1-29(17-13-19-31(3)21-23-35(43)39(9)27-33(41)25-37(39,5)6)15-11-12-16-30(2)18-14-20-32(4)22-24-36(44)40(10)28-34(42)26-38(40,7)8/h11-24H,25-28H2,1-10H3/b12-11+,17-13+,18-14+,23-21+,24-22+,29-15+,30-16+,31-19+,32-20+/t39-,40-/m0/s1. The summed E-state index contributed by atoms with van der Waals surface area (Å²) < 4.78 is 0. The molecule has 0 spiro atoms. The molecule has 0 aliphatic heterocycles. The first-order valence-electron chi connectivity index (χ1n) is 15.5. The summed E-state index contributed by atoms with van der Waals surface area (Å²) in [6, 6.07) is 0. The second-order valence-electron chi connectivity index (χ2n) is 14.4. The average molecular weight is 597 g/mol. The van der Waals surface area contributed by atoms with E-state index in [1.165, 1.54) is 0 Å². The number of allylic oxidation sites excluding steroid dienone is 18. The van der Waals surface area contributed by atoms with E-state index in [9.17, 15) is 19.2 Å². The van der Waals surface area contributed by atoms with Crippen LogP contribution < -0.4 is 0 Å². The molecule has 0 amide bonds. The minimum atomic E-state index is -0.644. The van der Waals surface area contributed by atoms with E-state index in [-0.39, 0.29) is 34.0 Å². The predicted molar refractivity (Wildman–Crippen MR) is 183 cm³/mol. The molecule has 2 atom stereocenters. The topological polar surface area (TPSA) is 68.3 Å². The Bertz CT molecular complexity index is 1320. The summed E-state index contributed by atoms with van der Waals surface area (Å²) in [4.78, 5) is 49.7. The molecule has 0 unspecified atom stereocenters. The van der Waals surface area contributed by atoms with Crippen LogP contribution in [-0.2, 0) is 19.2 Å². The molecule has 2 saturated carbocycles. The molecule has 2 rings (SSSR count). The van der Waals surface area contributed by atoms with Crippen LogP contribution in [0.2, 0.25) is 0 Å². The van der Waals surface area contributed by atoms with Crippen LogP contribution in [0.15, 0.2) is 107 Å². The van der Waals surface area contributed by atoms with Gasteiger partial charge < -0.3 is 0 Å². The molecule has 4 nitrogen and oxygen atoms in total. The number of hydrogen-bond donors (Lipinski definition) is 0. The van der Waals surface area contributed by atoms with Gasteiger partial charge in [-0.1, -0.05) is 137 Å². The van der Waals surface area contributed by atoms with Gasteiger partial charge in [0.25, 0.3) is 0 Å². The summed E-state index contributed by atoms with van der Waals surface area (Å²) in [6.07, 6.45) is 28.3. The fourth-order valence-electron chi connectivity index (χ4n) is 5.73. The lowest BCUT2D eigenvalue weighted by molar-refractivity contribution is -0.128. The third kappa shape index (κ3) is 9.42. The molecule has 0 N–H and O–H groups in total. The highest BCUT2D eigenvalue weighted by atomic mass is 16.1. The van der Waals surface area contributed by atoms with E-state index < -0.39 is 10.8 Å². The van der Waals surface area contributed by atoms with Crippen LogP contribution in [0.1, 0.15) is 94.9 Å². The van der Waals surface area contributed by atoms with Crippen molar-refractivity contribution in [2.75, 3.05) is 0 Å². The van der Waals surface area contributed by atoms with Gasteiger partial charge in [-0.15, -0.1) is 0 Å². The smallest absolute Gasteiger partial charge is 0.162 e. The second-order valence-corrected chi connectivity index (χ2v) is 14.4. The second kappa shape index (κ2) is 14.9. The monoisotopic (exact) mass is 596 g/mol. The average Bonchev–Trinajstić information content (AvgIpc) is 3.27. The first kappa shape index (κ1) is 36.5. The highest BCUT2D eigenvalue weighted by Crippen LogP contribution is 2.52. The highest BCUT2D eigenvalue weighted by molar-refractivity contribution is 6.02. The Labute approximate surface area is 265 Å². The Hall–Kier alpha value is -3.66. The first-order valence-corrected chi connectivity index (χ1v) is 15.5. The zero-order chi connectivity index (χ0) is 33.3. The van der Waals surface area contributed by atoms with Crippen LogP contribution in [-0.4, -0.2) is 23.1 Å². The van der Waals surface area contributed by atoms with Crippen molar-refractivity contribution < 1.29 is 19.2 Å². The van der Waals surface area contributed by atoms with Crippen molar-refractivity contribution in [2.24, 2.45) is 21.7 Å². The van der Waals surface area contributed by atoms with Crippen LogP contribution in [0.25, 0.3) is 0 Å². The van der Waals surface area contributed by atoms with Gasteiger partial charge in [-0.25, -0.2) is 0 Å². The van der Waals surface area contributed by atoms with E-state index in [1.54, 1.807) is 12.2 Å². The molecule has 0 radical (unpaired) electrons. The third-order valence-corrected chi connectivity index (χ3v) is 9.72. The molecule has 0 aromatic heterocycles. The number of carbonyl (C=O) groups excluding carboxylic acids is 4. The van der Waals surface area contributed by atoms with Crippen molar-refractivity contribution in [1.29, 1.82) is 0 Å². The van der Waals surface area contributed by atoms with E-state index in [2.05, 4.69) is 0 Å². The molecular weight excluding hydrogens is 544 g/mol. The summed E-state index contributed by atoms with van der Waals surface area (Å²) in [5.74, 6) is 0.343. The Morgan fingerprint density at radius 3 is 1.05 bits per heavy atom. The molecule has 0 saturated heterocycles. The molecule has 2 fully saturated rings. The molecule has 4 heteroatoms. The number of hydrogen-bond acceptors (Lipinski definition) is 4. The van der Waals surface area contributed by atoms with Gasteiger partial charge in [0.2, 0.25) is 0 Å². The van der Waals surface area contributed by atoms with Gasteiger partial charge in [0.1, 0.15) is 11.6 Å². The van der Waals surface area contributed by atoms with E-state index in [0.29, 0.717) is 25.7 Å². The van der Waals surface area contributed by atoms with Crippen molar-refractivity contribution in [2.45, 2.75) is 94.9 Å². The van der Waals surface area contributed by atoms with Gasteiger partial charge in [-0.3, -0.25) is 19.2 Å². The predicted octanol–water partition coefficient (Wildman–Crippen LogP) is 9.48. The molecule has 2 aliphatic carbocycles. The van der Waals surface area contributed by atoms with Crippen molar-refractivity contribution in [3.05, 3.63) is 107 Å². The summed E-state index contributed by atoms with van der Waals surface area (Å²) in [7, 11) is 0. The number of rotatable bonds is 12.